The third-order valence-electron chi connectivity index (χ3n) is 3.12. The maximum absolute atomic E-state index is 11.9. The molecule has 114 valence electrons. The topological polar surface area (TPSA) is 81.8 Å². The van der Waals surface area contributed by atoms with E-state index in [1.54, 1.807) is 36.4 Å². The van der Waals surface area contributed by atoms with Gasteiger partial charge >= 0.3 is 5.97 Å². The molecule has 1 heterocycles. The molecule has 2 aromatic carbocycles. The molecule has 0 bridgehead atoms. The van der Waals surface area contributed by atoms with Crippen molar-refractivity contribution in [3.05, 3.63) is 79.9 Å². The Bertz CT molecular complexity index is 874. The Morgan fingerprint density at radius 3 is 2.70 bits per heavy atom. The number of carbonyl (C=O) groups excluding carboxylic acids is 1. The molecule has 2 aromatic rings. The molecule has 0 fully saturated rings. The molecule has 0 atom stereocenters. The van der Waals surface area contributed by atoms with Crippen molar-refractivity contribution < 1.29 is 14.5 Å². The number of halogens is 1. The predicted octanol–water partition coefficient (Wildman–Crippen LogP) is 3.70. The second kappa shape index (κ2) is 6.13. The van der Waals surface area contributed by atoms with Crippen LogP contribution in [-0.4, -0.2) is 16.8 Å². The van der Waals surface area contributed by atoms with Crippen LogP contribution in [0.5, 0.6) is 0 Å². The maximum Gasteiger partial charge on any atom is 0.363 e. The Morgan fingerprint density at radius 2 is 1.96 bits per heavy atom. The number of esters is 1. The van der Waals surface area contributed by atoms with E-state index in [9.17, 15) is 14.9 Å². The Labute approximate surface area is 139 Å². The molecule has 1 aliphatic heterocycles. The zero-order chi connectivity index (χ0) is 16.4. The second-order valence-corrected chi connectivity index (χ2v) is 5.58. The summed E-state index contributed by atoms with van der Waals surface area (Å²) in [4.78, 5) is 26.6. The van der Waals surface area contributed by atoms with Gasteiger partial charge in [0.25, 0.3) is 5.69 Å². The molecule has 0 aromatic heterocycles. The predicted molar refractivity (Wildman–Crippen MR) is 87.8 cm³/mol. The fraction of sp³-hybridized carbons (Fsp3) is 0. The molecule has 0 N–H and O–H groups in total. The molecule has 1 aliphatic rings. The minimum Gasteiger partial charge on any atom is -0.402 e. The van der Waals surface area contributed by atoms with Crippen LogP contribution in [0.4, 0.5) is 5.69 Å². The first-order valence-electron chi connectivity index (χ1n) is 6.56. The molecule has 0 spiro atoms. The molecule has 0 saturated heterocycles. The van der Waals surface area contributed by atoms with Crippen LogP contribution in [0, 0.1) is 10.1 Å². The molecule has 23 heavy (non-hydrogen) atoms. The molecule has 7 heteroatoms. The number of ether oxygens (including phenoxy) is 1. The van der Waals surface area contributed by atoms with Gasteiger partial charge in [0.1, 0.15) is 0 Å². The van der Waals surface area contributed by atoms with Crippen LogP contribution in [0.3, 0.4) is 0 Å². The van der Waals surface area contributed by atoms with Crippen molar-refractivity contribution in [3.8, 4) is 0 Å². The quantitative estimate of drug-likeness (QED) is 0.356. The highest BCUT2D eigenvalue weighted by Crippen LogP contribution is 2.25. The van der Waals surface area contributed by atoms with Crippen molar-refractivity contribution in [1.29, 1.82) is 0 Å². The highest BCUT2D eigenvalue weighted by Gasteiger charge is 2.25. The Hall–Kier alpha value is -2.80. The third-order valence-corrected chi connectivity index (χ3v) is 3.61. The van der Waals surface area contributed by atoms with Crippen molar-refractivity contribution in [3.63, 3.8) is 0 Å². The number of aliphatic imine (C=N–C) groups is 1. The summed E-state index contributed by atoms with van der Waals surface area (Å²) in [5.74, 6) is -0.473. The van der Waals surface area contributed by atoms with E-state index >= 15 is 0 Å². The summed E-state index contributed by atoms with van der Waals surface area (Å²) in [6.07, 6.45) is 1.35. The summed E-state index contributed by atoms with van der Waals surface area (Å²) in [5.41, 5.74) is 0.857. The zero-order valence-electron chi connectivity index (χ0n) is 11.6. The lowest BCUT2D eigenvalue weighted by Crippen LogP contribution is -2.05. The molecule has 0 saturated carbocycles. The zero-order valence-corrected chi connectivity index (χ0v) is 13.2. The van der Waals surface area contributed by atoms with Gasteiger partial charge in [-0.15, -0.1) is 0 Å². The number of nitro benzene ring substituents is 1. The van der Waals surface area contributed by atoms with E-state index in [2.05, 4.69) is 20.9 Å². The normalized spacial score (nSPS) is 15.4. The number of rotatable bonds is 3. The molecule has 0 aliphatic carbocycles. The summed E-state index contributed by atoms with van der Waals surface area (Å²) < 4.78 is 5.96. The van der Waals surface area contributed by atoms with Crippen LogP contribution in [0.25, 0.3) is 6.08 Å². The fourth-order valence-corrected chi connectivity index (χ4v) is 2.48. The van der Waals surface area contributed by atoms with E-state index < -0.39 is 10.9 Å². The second-order valence-electron chi connectivity index (χ2n) is 4.66. The van der Waals surface area contributed by atoms with Crippen molar-refractivity contribution in [2.45, 2.75) is 0 Å². The number of hydrogen-bond acceptors (Lipinski definition) is 5. The lowest BCUT2D eigenvalue weighted by molar-refractivity contribution is -0.385. The summed E-state index contributed by atoms with van der Waals surface area (Å²) >= 11 is 3.33. The van der Waals surface area contributed by atoms with Crippen molar-refractivity contribution in [2.75, 3.05) is 0 Å². The Balaban J connectivity index is 2.01. The van der Waals surface area contributed by atoms with Crippen molar-refractivity contribution >= 4 is 39.6 Å². The van der Waals surface area contributed by atoms with Gasteiger partial charge < -0.3 is 4.74 Å². The average molecular weight is 373 g/mol. The summed E-state index contributed by atoms with van der Waals surface area (Å²) in [6.45, 7) is 0. The molecular formula is C16H9BrN2O4. The number of cyclic esters (lactones) is 1. The maximum atomic E-state index is 11.9. The van der Waals surface area contributed by atoms with Gasteiger partial charge in [0.05, 0.1) is 10.5 Å². The fourth-order valence-electron chi connectivity index (χ4n) is 2.08. The van der Waals surface area contributed by atoms with Crippen LogP contribution in [0.15, 0.2) is 63.7 Å². The van der Waals surface area contributed by atoms with Gasteiger partial charge in [0.2, 0.25) is 5.90 Å². The van der Waals surface area contributed by atoms with E-state index in [0.717, 1.165) is 4.47 Å². The molecule has 0 radical (unpaired) electrons. The number of benzene rings is 2. The number of carbonyl (C=O) groups is 1. The van der Waals surface area contributed by atoms with Crippen LogP contribution in [-0.2, 0) is 9.53 Å². The van der Waals surface area contributed by atoms with Gasteiger partial charge in [0.15, 0.2) is 5.70 Å². The number of nitro groups is 1. The molecule has 6 nitrogen and oxygen atoms in total. The van der Waals surface area contributed by atoms with E-state index in [-0.39, 0.29) is 17.3 Å². The summed E-state index contributed by atoms with van der Waals surface area (Å²) in [7, 11) is 0. The minimum atomic E-state index is -0.641. The van der Waals surface area contributed by atoms with Gasteiger partial charge in [0, 0.05) is 16.1 Å². The first-order valence-corrected chi connectivity index (χ1v) is 7.36. The largest absolute Gasteiger partial charge is 0.402 e. The van der Waals surface area contributed by atoms with Gasteiger partial charge in [-0.05, 0) is 30.3 Å². The minimum absolute atomic E-state index is 0.0225. The average Bonchev–Trinajstić information content (AvgIpc) is 2.89. The Morgan fingerprint density at radius 1 is 1.17 bits per heavy atom. The summed E-state index contributed by atoms with van der Waals surface area (Å²) in [5, 5.41) is 11.0. The lowest BCUT2D eigenvalue weighted by Gasteiger charge is -1.99. The van der Waals surface area contributed by atoms with Crippen molar-refractivity contribution in [1.82, 2.24) is 0 Å². The lowest BCUT2D eigenvalue weighted by atomic mass is 10.1. The van der Waals surface area contributed by atoms with E-state index in [0.29, 0.717) is 11.1 Å². The summed E-state index contributed by atoms with van der Waals surface area (Å²) in [6, 6.07) is 13.3. The molecule has 0 amide bonds. The number of nitrogens with zero attached hydrogens (tertiary/aromatic N) is 2. The van der Waals surface area contributed by atoms with Gasteiger partial charge in [-0.25, -0.2) is 9.79 Å². The first-order chi connectivity index (χ1) is 11.0. The number of para-hydroxylation sites is 1. The smallest absolute Gasteiger partial charge is 0.363 e. The van der Waals surface area contributed by atoms with Gasteiger partial charge in [-0.3, -0.25) is 10.1 Å². The first kappa shape index (κ1) is 15.1. The highest BCUT2D eigenvalue weighted by molar-refractivity contribution is 9.10. The van der Waals surface area contributed by atoms with E-state index in [1.165, 1.54) is 12.1 Å². The van der Waals surface area contributed by atoms with Gasteiger partial charge in [-0.1, -0.05) is 34.1 Å². The van der Waals surface area contributed by atoms with E-state index in [4.69, 9.17) is 4.74 Å². The SMILES string of the molecule is O=C1OC(c2cccc(Br)c2)=NC1=Cc1ccccc1[N+](=O)[O-]. The van der Waals surface area contributed by atoms with Crippen LogP contribution in [0.1, 0.15) is 11.1 Å². The standard InChI is InChI=1S/C16H9BrN2O4/c17-12-6-3-5-11(8-12)15-18-13(16(20)23-15)9-10-4-1-2-7-14(10)19(21)22/h1-9H. The highest BCUT2D eigenvalue weighted by atomic mass is 79.9. The number of hydrogen-bond donors (Lipinski definition) is 0. The van der Waals surface area contributed by atoms with Crippen LogP contribution >= 0.6 is 15.9 Å². The van der Waals surface area contributed by atoms with Gasteiger partial charge in [-0.2, -0.15) is 0 Å². The molecule has 3 rings (SSSR count). The van der Waals surface area contributed by atoms with Crippen molar-refractivity contribution in [2.24, 2.45) is 4.99 Å². The van der Waals surface area contributed by atoms with Crippen LogP contribution in [0.2, 0.25) is 0 Å². The van der Waals surface area contributed by atoms with Crippen LogP contribution < -0.4 is 0 Å². The molecule has 0 unspecified atom stereocenters. The third kappa shape index (κ3) is 3.19. The molecular weight excluding hydrogens is 364 g/mol. The van der Waals surface area contributed by atoms with E-state index in [1.807, 2.05) is 6.07 Å². The monoisotopic (exact) mass is 372 g/mol. The Kier molecular flexibility index (Phi) is 4.03.